The molecule has 1 unspecified atom stereocenters. The van der Waals surface area contributed by atoms with E-state index in [1.807, 2.05) is 13.8 Å². The van der Waals surface area contributed by atoms with Crippen LogP contribution in [-0.4, -0.2) is 35.1 Å². The summed E-state index contributed by atoms with van der Waals surface area (Å²) in [6.45, 7) is 22.1. The van der Waals surface area contributed by atoms with E-state index in [2.05, 4.69) is 65.0 Å². The summed E-state index contributed by atoms with van der Waals surface area (Å²) < 4.78 is 11.6. The van der Waals surface area contributed by atoms with Crippen molar-refractivity contribution in [3.05, 3.63) is 11.6 Å². The van der Waals surface area contributed by atoms with Crippen LogP contribution in [0.25, 0.3) is 0 Å². The lowest BCUT2D eigenvalue weighted by Crippen LogP contribution is -2.44. The first kappa shape index (κ1) is 24.2. The summed E-state index contributed by atoms with van der Waals surface area (Å²) in [5.41, 5.74) is 4.33. The van der Waals surface area contributed by atoms with E-state index in [-0.39, 0.29) is 17.1 Å². The van der Waals surface area contributed by atoms with Gasteiger partial charge in [-0.05, 0) is 44.0 Å². The highest BCUT2D eigenvalue weighted by Gasteiger charge is 2.39. The Bertz CT molecular complexity index is 526. The molecule has 0 aromatic rings. The van der Waals surface area contributed by atoms with E-state index in [9.17, 15) is 4.79 Å². The molecule has 0 bridgehead atoms. The summed E-state index contributed by atoms with van der Waals surface area (Å²) in [7, 11) is -3.28. The zero-order valence-corrected chi connectivity index (χ0v) is 20.0. The molecule has 25 heavy (non-hydrogen) atoms. The van der Waals surface area contributed by atoms with Crippen LogP contribution in [0.15, 0.2) is 11.6 Å². The third-order valence-electron chi connectivity index (χ3n) is 4.38. The van der Waals surface area contributed by atoms with Crippen LogP contribution in [-0.2, 0) is 14.0 Å². The lowest BCUT2D eigenvalue weighted by Gasteiger charge is -2.39. The molecule has 144 valence electrons. The first-order valence-corrected chi connectivity index (χ1v) is 15.6. The third kappa shape index (κ3) is 10.0. The van der Waals surface area contributed by atoms with E-state index >= 15 is 0 Å². The van der Waals surface area contributed by atoms with Gasteiger partial charge in [0, 0.05) is 12.5 Å². The highest BCUT2D eigenvalue weighted by Crippen LogP contribution is 2.38. The maximum absolute atomic E-state index is 11.8. The Hall–Kier alpha value is -0.836. The molecule has 0 saturated heterocycles. The third-order valence-corrected chi connectivity index (χ3v) is 9.79. The first-order valence-electron chi connectivity index (χ1n) is 9.22. The average molecular weight is 383 g/mol. The number of ether oxygens (including phenoxy) is 1. The van der Waals surface area contributed by atoms with Crippen LogP contribution in [0, 0.1) is 11.5 Å². The highest BCUT2D eigenvalue weighted by molar-refractivity contribution is 6.83. The van der Waals surface area contributed by atoms with Crippen LogP contribution >= 0.6 is 0 Å². The Balaban J connectivity index is 5.30. The molecule has 0 saturated carbocycles. The molecule has 0 spiro atoms. The highest BCUT2D eigenvalue weighted by atomic mass is 28.4. The van der Waals surface area contributed by atoms with Crippen LogP contribution in [0.2, 0.25) is 37.8 Å². The summed E-state index contributed by atoms with van der Waals surface area (Å²) in [5, 5.41) is 0.124. The number of hydrogen-bond donors (Lipinski definition) is 0. The van der Waals surface area contributed by atoms with Crippen molar-refractivity contribution in [2.45, 2.75) is 91.3 Å². The quantitative estimate of drug-likeness (QED) is 0.251. The Morgan fingerprint density at radius 1 is 1.16 bits per heavy atom. The van der Waals surface area contributed by atoms with Crippen molar-refractivity contribution < 1.29 is 14.0 Å². The molecule has 0 fully saturated rings. The minimum absolute atomic E-state index is 0.0822. The Labute approximate surface area is 157 Å². The molecule has 0 aromatic carbocycles. The Morgan fingerprint density at radius 3 is 2.16 bits per heavy atom. The number of carbonyl (C=O) groups is 1. The van der Waals surface area contributed by atoms with Crippen LogP contribution in [0.1, 0.15) is 47.5 Å². The van der Waals surface area contributed by atoms with Crippen LogP contribution in [0.5, 0.6) is 0 Å². The Kier molecular flexibility index (Phi) is 9.42. The van der Waals surface area contributed by atoms with E-state index in [0.717, 1.165) is 18.4 Å². The summed E-state index contributed by atoms with van der Waals surface area (Å²) >= 11 is 0. The van der Waals surface area contributed by atoms with Crippen LogP contribution < -0.4 is 0 Å². The summed E-state index contributed by atoms with van der Waals surface area (Å²) in [6.07, 6.45) is 3.09. The van der Waals surface area contributed by atoms with Gasteiger partial charge >= 0.3 is 5.97 Å². The molecular formula is C20H38O3Si2. The van der Waals surface area contributed by atoms with Gasteiger partial charge in [0.25, 0.3) is 0 Å². The van der Waals surface area contributed by atoms with Crippen molar-refractivity contribution in [2.24, 2.45) is 0 Å². The maximum atomic E-state index is 11.8. The predicted molar refractivity (Wildman–Crippen MR) is 113 cm³/mol. The minimum atomic E-state index is -1.93. The Morgan fingerprint density at radius 2 is 1.72 bits per heavy atom. The molecule has 3 nitrogen and oxygen atoms in total. The second-order valence-electron chi connectivity index (χ2n) is 9.10. The van der Waals surface area contributed by atoms with Gasteiger partial charge in [-0.3, -0.25) is 0 Å². The minimum Gasteiger partial charge on any atom is -0.463 e. The first-order chi connectivity index (χ1) is 11.2. The molecule has 5 heteroatoms. The van der Waals surface area contributed by atoms with Gasteiger partial charge in [-0.1, -0.05) is 40.4 Å². The van der Waals surface area contributed by atoms with Gasteiger partial charge in [0.1, 0.15) is 8.07 Å². The summed E-state index contributed by atoms with van der Waals surface area (Å²) in [4.78, 5) is 11.8. The smallest absolute Gasteiger partial charge is 0.330 e. The second-order valence-corrected chi connectivity index (χ2v) is 18.6. The van der Waals surface area contributed by atoms with E-state index in [4.69, 9.17) is 9.16 Å². The molecule has 0 aliphatic rings. The predicted octanol–water partition coefficient (Wildman–Crippen LogP) is 5.55. The van der Waals surface area contributed by atoms with Gasteiger partial charge in [-0.2, -0.15) is 0 Å². The van der Waals surface area contributed by atoms with Gasteiger partial charge in [-0.15, -0.1) is 11.5 Å². The molecule has 0 N–H and O–H groups in total. The number of hydrogen-bond acceptors (Lipinski definition) is 3. The fourth-order valence-electron chi connectivity index (χ4n) is 1.91. The lowest BCUT2D eigenvalue weighted by atomic mass is 10.1. The monoisotopic (exact) mass is 382 g/mol. The van der Waals surface area contributed by atoms with Crippen molar-refractivity contribution in [1.29, 1.82) is 0 Å². The van der Waals surface area contributed by atoms with E-state index < -0.39 is 16.4 Å². The van der Waals surface area contributed by atoms with E-state index in [0.29, 0.717) is 6.61 Å². The molecule has 0 aliphatic heterocycles. The standard InChI is InChI=1S/C20H38O3Si2/c1-11-22-19(21)16-17(2)18(14-12-13-15-24(6,7)8)23-25(9,10)20(3,4)5/h16,18H,11-12,14H2,1-10H3/b17-16+. The summed E-state index contributed by atoms with van der Waals surface area (Å²) in [6, 6.07) is 0. The topological polar surface area (TPSA) is 35.5 Å². The van der Waals surface area contributed by atoms with E-state index in [1.54, 1.807) is 6.08 Å². The van der Waals surface area contributed by atoms with Gasteiger partial charge in [0.05, 0.1) is 12.7 Å². The molecular weight excluding hydrogens is 344 g/mol. The zero-order chi connectivity index (χ0) is 19.9. The fraction of sp³-hybridized carbons (Fsp3) is 0.750. The summed E-state index contributed by atoms with van der Waals surface area (Å²) in [5.74, 6) is 3.02. The van der Waals surface area contributed by atoms with Crippen LogP contribution in [0.3, 0.4) is 0 Å². The van der Waals surface area contributed by atoms with Crippen molar-refractivity contribution in [3.8, 4) is 11.5 Å². The number of carbonyl (C=O) groups excluding carboxylic acids is 1. The fourth-order valence-corrected chi connectivity index (χ4v) is 3.93. The average Bonchev–Trinajstić information content (AvgIpc) is 2.39. The van der Waals surface area contributed by atoms with Gasteiger partial charge in [-0.25, -0.2) is 4.79 Å². The van der Waals surface area contributed by atoms with Crippen molar-refractivity contribution in [2.75, 3.05) is 6.61 Å². The number of rotatable bonds is 7. The van der Waals surface area contributed by atoms with Gasteiger partial charge < -0.3 is 9.16 Å². The molecule has 0 aliphatic carbocycles. The largest absolute Gasteiger partial charge is 0.463 e. The molecule has 0 radical (unpaired) electrons. The molecule has 1 atom stereocenters. The second kappa shape index (κ2) is 9.75. The van der Waals surface area contributed by atoms with Crippen molar-refractivity contribution in [1.82, 2.24) is 0 Å². The van der Waals surface area contributed by atoms with Crippen molar-refractivity contribution in [3.63, 3.8) is 0 Å². The molecule has 0 amide bonds. The molecule has 0 rings (SSSR count). The van der Waals surface area contributed by atoms with Gasteiger partial charge in [0.2, 0.25) is 0 Å². The number of esters is 1. The van der Waals surface area contributed by atoms with Gasteiger partial charge in [0.15, 0.2) is 8.32 Å². The van der Waals surface area contributed by atoms with Crippen LogP contribution in [0.4, 0.5) is 0 Å². The lowest BCUT2D eigenvalue weighted by molar-refractivity contribution is -0.137. The normalized spacial score (nSPS) is 14.6. The SMILES string of the molecule is CCOC(=O)/C=C(\C)C(CCC#C[Si](C)(C)C)O[Si](C)(C)C(C)(C)C. The maximum Gasteiger partial charge on any atom is 0.330 e. The zero-order valence-electron chi connectivity index (χ0n) is 18.0. The molecule has 0 aromatic heterocycles. The van der Waals surface area contributed by atoms with E-state index in [1.165, 1.54) is 0 Å². The van der Waals surface area contributed by atoms with Crippen molar-refractivity contribution >= 4 is 22.4 Å². The molecule has 0 heterocycles.